The van der Waals surface area contributed by atoms with Crippen molar-refractivity contribution in [1.82, 2.24) is 5.32 Å². The number of fused-ring (bicyclic) bond motifs is 1. The summed E-state index contributed by atoms with van der Waals surface area (Å²) >= 11 is 16.7. The Morgan fingerprint density at radius 1 is 1.02 bits per heavy atom. The molecule has 2 aliphatic heterocycles. The van der Waals surface area contributed by atoms with Crippen LogP contribution in [0.4, 0.5) is 0 Å². The Balaban J connectivity index is 1.40. The lowest BCUT2D eigenvalue weighted by Gasteiger charge is -2.31. The van der Waals surface area contributed by atoms with Crippen LogP contribution in [0.25, 0.3) is 0 Å². The summed E-state index contributed by atoms with van der Waals surface area (Å²) in [6.07, 6.45) is -0.154. The van der Waals surface area contributed by atoms with E-state index in [1.165, 1.54) is 0 Å². The Bertz CT molecular complexity index is 1730. The fourth-order valence-corrected chi connectivity index (χ4v) is 6.22. The van der Waals surface area contributed by atoms with Gasteiger partial charge in [0.25, 0.3) is 5.91 Å². The van der Waals surface area contributed by atoms with E-state index in [0.717, 1.165) is 15.6 Å². The number of rotatable bonds is 11. The number of hydrogen-bond acceptors (Lipinski definition) is 7. The lowest BCUT2D eigenvalue weighted by atomic mass is 9.82. The van der Waals surface area contributed by atoms with Crippen molar-refractivity contribution in [2.75, 3.05) is 20.0 Å². The molecular weight excluding hydrogens is 683 g/mol. The van der Waals surface area contributed by atoms with E-state index < -0.39 is 11.6 Å². The molecule has 1 amide bonds. The molecule has 6 rings (SSSR count). The van der Waals surface area contributed by atoms with Gasteiger partial charge in [0.05, 0.1) is 6.61 Å². The Hall–Kier alpha value is -3.76. The van der Waals surface area contributed by atoms with Crippen molar-refractivity contribution >= 4 is 50.9 Å². The van der Waals surface area contributed by atoms with E-state index in [1.54, 1.807) is 30.3 Å². The molecule has 2 heterocycles. The molecule has 0 saturated carbocycles. The monoisotopic (exact) mass is 710 g/mol. The zero-order chi connectivity index (χ0) is 31.4. The van der Waals surface area contributed by atoms with E-state index in [-0.39, 0.29) is 32.3 Å². The molecule has 2 N–H and O–H groups in total. The van der Waals surface area contributed by atoms with Crippen LogP contribution in [0.2, 0.25) is 10.0 Å². The molecule has 2 aliphatic rings. The van der Waals surface area contributed by atoms with Crippen LogP contribution in [0.3, 0.4) is 0 Å². The summed E-state index contributed by atoms with van der Waals surface area (Å²) in [7, 11) is 0. The molecule has 0 saturated heterocycles. The average molecular weight is 712 g/mol. The van der Waals surface area contributed by atoms with Crippen molar-refractivity contribution in [2.45, 2.75) is 31.0 Å². The number of aliphatic hydroxyl groups excluding tert-OH is 1. The fourth-order valence-electron chi connectivity index (χ4n) is 5.29. The quantitative estimate of drug-likeness (QED) is 0.162. The molecule has 8 nitrogen and oxygen atoms in total. The van der Waals surface area contributed by atoms with Gasteiger partial charge in [-0.3, -0.25) is 4.79 Å². The molecule has 0 unspecified atom stereocenters. The Kier molecular flexibility index (Phi) is 9.51. The summed E-state index contributed by atoms with van der Waals surface area (Å²) in [5.41, 5.74) is 1.49. The van der Waals surface area contributed by atoms with Crippen LogP contribution in [0.1, 0.15) is 34.8 Å². The maximum Gasteiger partial charge on any atom is 0.252 e. The molecule has 45 heavy (non-hydrogen) atoms. The normalized spacial score (nSPS) is 18.3. The van der Waals surface area contributed by atoms with Gasteiger partial charge in [0.15, 0.2) is 23.1 Å². The van der Waals surface area contributed by atoms with Crippen LogP contribution >= 0.6 is 39.1 Å². The second-order valence-electron chi connectivity index (χ2n) is 10.6. The number of halogens is 3. The maximum atomic E-state index is 14.6. The van der Waals surface area contributed by atoms with Crippen molar-refractivity contribution in [2.24, 2.45) is 4.99 Å². The first-order valence-corrected chi connectivity index (χ1v) is 15.9. The van der Waals surface area contributed by atoms with Crippen LogP contribution < -0.4 is 19.5 Å². The molecule has 0 spiro atoms. The number of benzene rings is 4. The predicted molar refractivity (Wildman–Crippen MR) is 175 cm³/mol. The van der Waals surface area contributed by atoms with E-state index in [0.29, 0.717) is 57.3 Å². The number of ether oxygens (including phenoxy) is 4. The summed E-state index contributed by atoms with van der Waals surface area (Å²) in [6, 6.07) is 25.6. The topological polar surface area (TPSA) is 98.6 Å². The number of nitrogens with one attached hydrogen (secondary N) is 1. The van der Waals surface area contributed by atoms with Gasteiger partial charge in [-0.25, -0.2) is 4.99 Å². The van der Waals surface area contributed by atoms with Gasteiger partial charge in [-0.05, 0) is 65.7 Å². The van der Waals surface area contributed by atoms with E-state index in [9.17, 15) is 4.79 Å². The van der Waals surface area contributed by atoms with Gasteiger partial charge in [0.1, 0.15) is 5.75 Å². The summed E-state index contributed by atoms with van der Waals surface area (Å²) in [6.45, 7) is 0.823. The summed E-state index contributed by atoms with van der Waals surface area (Å²) < 4.78 is 24.1. The van der Waals surface area contributed by atoms with Gasteiger partial charge in [0, 0.05) is 51.6 Å². The second-order valence-corrected chi connectivity index (χ2v) is 12.3. The molecule has 11 heteroatoms. The first-order valence-electron chi connectivity index (χ1n) is 14.3. The Morgan fingerprint density at radius 3 is 2.60 bits per heavy atom. The minimum absolute atomic E-state index is 0.0493. The lowest BCUT2D eigenvalue weighted by Crippen LogP contribution is -2.49. The molecule has 0 aromatic heterocycles. The zero-order valence-electron chi connectivity index (χ0n) is 24.0. The highest BCUT2D eigenvalue weighted by molar-refractivity contribution is 9.10. The number of carbonyl (C=O) groups is 1. The first kappa shape index (κ1) is 31.2. The lowest BCUT2D eigenvalue weighted by molar-refractivity contribution is -0.129. The average Bonchev–Trinajstić information content (AvgIpc) is 3.67. The number of aliphatic imine (C=N–C) groups is 1. The second kappa shape index (κ2) is 13.7. The van der Waals surface area contributed by atoms with E-state index in [2.05, 4.69) is 21.2 Å². The molecular formula is C34H29BrCl2N2O6. The maximum absolute atomic E-state index is 14.6. The highest BCUT2D eigenvalue weighted by Crippen LogP contribution is 2.46. The van der Waals surface area contributed by atoms with Gasteiger partial charge in [-0.1, -0.05) is 69.5 Å². The molecule has 0 aliphatic carbocycles. The van der Waals surface area contributed by atoms with Crippen molar-refractivity contribution in [3.05, 3.63) is 122 Å². The molecule has 4 aromatic rings. The third-order valence-electron chi connectivity index (χ3n) is 7.58. The minimum atomic E-state index is -1.46. The Morgan fingerprint density at radius 2 is 1.82 bits per heavy atom. The summed E-state index contributed by atoms with van der Waals surface area (Å²) in [5, 5.41) is 13.0. The van der Waals surface area contributed by atoms with Gasteiger partial charge in [-0.15, -0.1) is 0 Å². The fraction of sp³-hybridized carbons (Fsp3) is 0.235. The summed E-state index contributed by atoms with van der Waals surface area (Å²) in [4.78, 5) is 19.6. The molecule has 232 valence electrons. The standard InChI is InChI=1S/C34H29BrCl2N2O6/c35-27-5-2-1-4-23(27)18-34(33(41)38-19-21-6-13-29-30(16-21)44-20-43-29)31(26-12-9-24(36)17-28(26)37)45-32(39-34)22-7-10-25(11-8-22)42-15-3-14-40/h1-2,4-13,16-17,31,40H,3,14-15,18-20H2,(H,38,41)/t31-,34-/m1/s1. The van der Waals surface area contributed by atoms with Crippen LogP contribution in [0, 0.1) is 0 Å². The van der Waals surface area contributed by atoms with Crippen molar-refractivity contribution in [1.29, 1.82) is 0 Å². The number of nitrogens with zero attached hydrogens (tertiary/aromatic N) is 1. The third-order valence-corrected chi connectivity index (χ3v) is 8.92. The van der Waals surface area contributed by atoms with Crippen molar-refractivity contribution in [3.8, 4) is 17.2 Å². The highest BCUT2D eigenvalue weighted by Gasteiger charge is 2.54. The van der Waals surface area contributed by atoms with Crippen LogP contribution in [-0.4, -0.2) is 42.5 Å². The summed E-state index contributed by atoms with van der Waals surface area (Å²) in [5.74, 6) is 1.88. The smallest absolute Gasteiger partial charge is 0.252 e. The van der Waals surface area contributed by atoms with E-state index >= 15 is 0 Å². The molecule has 4 aromatic carbocycles. The van der Waals surface area contributed by atoms with Crippen molar-refractivity contribution < 1.29 is 28.8 Å². The predicted octanol–water partition coefficient (Wildman–Crippen LogP) is 7.06. The highest BCUT2D eigenvalue weighted by atomic mass is 79.9. The number of hydrogen-bond donors (Lipinski definition) is 2. The molecule has 0 radical (unpaired) electrons. The number of amides is 1. The van der Waals surface area contributed by atoms with Crippen LogP contribution in [0.15, 0.2) is 94.4 Å². The van der Waals surface area contributed by atoms with E-state index in [1.807, 2.05) is 54.6 Å². The molecule has 2 atom stereocenters. The largest absolute Gasteiger partial charge is 0.494 e. The third kappa shape index (κ3) is 6.77. The van der Waals surface area contributed by atoms with Gasteiger partial charge < -0.3 is 29.4 Å². The van der Waals surface area contributed by atoms with E-state index in [4.69, 9.17) is 52.2 Å². The SMILES string of the molecule is O=C(NCc1ccc2c(c1)OCO2)[C@]1(Cc2ccccc2Br)N=C(c2ccc(OCCCO)cc2)O[C@@H]1c1ccc(Cl)cc1Cl. The zero-order valence-corrected chi connectivity index (χ0v) is 27.1. The molecule has 0 bridgehead atoms. The van der Waals surface area contributed by atoms with Gasteiger partial charge >= 0.3 is 0 Å². The number of carbonyl (C=O) groups excluding carboxylic acids is 1. The van der Waals surface area contributed by atoms with Crippen LogP contribution in [0.5, 0.6) is 17.2 Å². The van der Waals surface area contributed by atoms with Gasteiger partial charge in [-0.2, -0.15) is 0 Å². The van der Waals surface area contributed by atoms with Crippen LogP contribution in [-0.2, 0) is 22.5 Å². The number of aliphatic hydroxyl groups is 1. The van der Waals surface area contributed by atoms with Gasteiger partial charge in [0.2, 0.25) is 12.7 Å². The minimum Gasteiger partial charge on any atom is -0.494 e. The van der Waals surface area contributed by atoms with Crippen molar-refractivity contribution in [3.63, 3.8) is 0 Å². The Labute approximate surface area is 279 Å². The molecule has 0 fully saturated rings. The first-order chi connectivity index (χ1) is 21.9.